The van der Waals surface area contributed by atoms with Crippen molar-refractivity contribution in [3.05, 3.63) is 70.7 Å². The van der Waals surface area contributed by atoms with E-state index in [0.29, 0.717) is 34.5 Å². The number of pyridine rings is 2. The SMILES string of the molecule is CCn1ncc([C@@H](N(C)C(=O)c2cc(-c3ccc(NCCN(C)C)c(C)n3)nc3ccc(C)cc23)C(F)(F)F)c1C. The van der Waals surface area contributed by atoms with Crippen molar-refractivity contribution in [1.29, 1.82) is 0 Å². The molecule has 0 radical (unpaired) electrons. The predicted octanol–water partition coefficient (Wildman–Crippen LogP) is 5.79. The molecule has 0 saturated carbocycles. The average Bonchev–Trinajstić information content (AvgIpc) is 3.27. The Bertz CT molecular complexity index is 1560. The van der Waals surface area contributed by atoms with Crippen molar-refractivity contribution in [2.24, 2.45) is 0 Å². The number of nitrogens with zero attached hydrogens (tertiary/aromatic N) is 6. The number of halogens is 3. The van der Waals surface area contributed by atoms with E-state index in [2.05, 4.69) is 15.3 Å². The average molecular weight is 568 g/mol. The lowest BCUT2D eigenvalue weighted by Gasteiger charge is -2.30. The number of anilines is 1. The Morgan fingerprint density at radius 2 is 1.76 bits per heavy atom. The number of benzene rings is 1. The van der Waals surface area contributed by atoms with Crippen LogP contribution in [0.3, 0.4) is 0 Å². The Balaban J connectivity index is 1.79. The Hall–Kier alpha value is -3.99. The van der Waals surface area contributed by atoms with E-state index in [-0.39, 0.29) is 11.1 Å². The van der Waals surface area contributed by atoms with Gasteiger partial charge in [0.15, 0.2) is 6.04 Å². The van der Waals surface area contributed by atoms with Gasteiger partial charge in [0.1, 0.15) is 0 Å². The van der Waals surface area contributed by atoms with Crippen molar-refractivity contribution >= 4 is 22.5 Å². The Morgan fingerprint density at radius 1 is 1.02 bits per heavy atom. The normalized spacial score (nSPS) is 12.7. The number of aromatic nitrogens is 4. The summed E-state index contributed by atoms with van der Waals surface area (Å²) in [5, 5.41) is 7.93. The van der Waals surface area contributed by atoms with Gasteiger partial charge in [-0.25, -0.2) is 9.97 Å². The highest BCUT2D eigenvalue weighted by Crippen LogP contribution is 2.39. The smallest absolute Gasteiger partial charge is 0.382 e. The molecular formula is C30H36F3N7O. The van der Waals surface area contributed by atoms with Gasteiger partial charge in [-0.1, -0.05) is 11.6 Å². The number of carbonyl (C=O) groups is 1. The van der Waals surface area contributed by atoms with Gasteiger partial charge in [0.05, 0.1) is 40.0 Å². The predicted molar refractivity (Wildman–Crippen MR) is 155 cm³/mol. The maximum absolute atomic E-state index is 14.5. The number of fused-ring (bicyclic) bond motifs is 1. The van der Waals surface area contributed by atoms with Gasteiger partial charge in [-0.3, -0.25) is 9.48 Å². The summed E-state index contributed by atoms with van der Waals surface area (Å²) < 4.78 is 45.0. The van der Waals surface area contributed by atoms with E-state index in [4.69, 9.17) is 9.97 Å². The van der Waals surface area contributed by atoms with E-state index >= 15 is 0 Å². The van der Waals surface area contributed by atoms with E-state index in [0.717, 1.165) is 34.9 Å². The van der Waals surface area contributed by atoms with Crippen molar-refractivity contribution in [1.82, 2.24) is 29.5 Å². The minimum atomic E-state index is -4.72. The molecule has 0 aliphatic rings. The zero-order valence-electron chi connectivity index (χ0n) is 24.5. The molecule has 0 unspecified atom stereocenters. The van der Waals surface area contributed by atoms with Gasteiger partial charge in [0, 0.05) is 43.3 Å². The minimum absolute atomic E-state index is 0.0559. The van der Waals surface area contributed by atoms with Crippen molar-refractivity contribution in [3.63, 3.8) is 0 Å². The first kappa shape index (κ1) is 30.0. The van der Waals surface area contributed by atoms with Crippen LogP contribution in [0.1, 0.15) is 45.8 Å². The van der Waals surface area contributed by atoms with Crippen molar-refractivity contribution < 1.29 is 18.0 Å². The lowest BCUT2D eigenvalue weighted by molar-refractivity contribution is -0.176. The topological polar surface area (TPSA) is 79.2 Å². The third-order valence-corrected chi connectivity index (χ3v) is 7.17. The van der Waals surface area contributed by atoms with E-state index < -0.39 is 18.1 Å². The first-order valence-corrected chi connectivity index (χ1v) is 13.5. The Kier molecular flexibility index (Phi) is 8.67. The molecule has 1 N–H and O–H groups in total. The highest BCUT2D eigenvalue weighted by molar-refractivity contribution is 6.07. The Labute approximate surface area is 238 Å². The number of hydrogen-bond donors (Lipinski definition) is 1. The molecule has 4 aromatic rings. The second kappa shape index (κ2) is 11.9. The first-order chi connectivity index (χ1) is 19.3. The molecule has 0 aliphatic heterocycles. The van der Waals surface area contributed by atoms with Crippen LogP contribution in [0.25, 0.3) is 22.3 Å². The zero-order valence-corrected chi connectivity index (χ0v) is 24.5. The van der Waals surface area contributed by atoms with Crippen molar-refractivity contribution in [2.75, 3.05) is 39.5 Å². The summed E-state index contributed by atoms with van der Waals surface area (Å²) in [5.74, 6) is -0.770. The molecule has 218 valence electrons. The molecule has 1 atom stereocenters. The molecule has 41 heavy (non-hydrogen) atoms. The number of amides is 1. The number of hydrogen-bond acceptors (Lipinski definition) is 6. The van der Waals surface area contributed by atoms with Gasteiger partial charge in [-0.15, -0.1) is 0 Å². The quantitative estimate of drug-likeness (QED) is 0.276. The van der Waals surface area contributed by atoms with Crippen LogP contribution < -0.4 is 5.32 Å². The largest absolute Gasteiger partial charge is 0.413 e. The van der Waals surface area contributed by atoms with Crippen LogP contribution in [0.5, 0.6) is 0 Å². The fraction of sp³-hybridized carbons (Fsp3) is 0.400. The summed E-state index contributed by atoms with van der Waals surface area (Å²) in [7, 11) is 5.17. The lowest BCUT2D eigenvalue weighted by Crippen LogP contribution is -2.40. The van der Waals surface area contributed by atoms with Gasteiger partial charge in [0.25, 0.3) is 5.91 Å². The maximum atomic E-state index is 14.5. The molecule has 11 heteroatoms. The molecule has 4 rings (SSSR count). The van der Waals surface area contributed by atoms with E-state index in [1.54, 1.807) is 32.0 Å². The highest BCUT2D eigenvalue weighted by Gasteiger charge is 2.47. The number of carbonyl (C=O) groups excluding carboxylic acids is 1. The second-order valence-corrected chi connectivity index (χ2v) is 10.5. The molecular weight excluding hydrogens is 531 g/mol. The monoisotopic (exact) mass is 567 g/mol. The van der Waals surface area contributed by atoms with Crippen LogP contribution in [-0.4, -0.2) is 75.9 Å². The van der Waals surface area contributed by atoms with Gasteiger partial charge >= 0.3 is 6.18 Å². The standard InChI is InChI=1S/C30H36F3N7O/c1-8-40-20(4)23(17-35-40)28(30(31,32)33)39(7)29(41)22-16-27(37-25-10-9-18(2)15-21(22)25)26-12-11-24(19(3)36-26)34-13-14-38(5)6/h9-12,15-17,28,34H,8,13-14H2,1-7H3/t28-/m1/s1. The molecule has 0 spiro atoms. The Morgan fingerprint density at radius 3 is 2.37 bits per heavy atom. The van der Waals surface area contributed by atoms with Gasteiger partial charge < -0.3 is 15.1 Å². The maximum Gasteiger partial charge on any atom is 0.413 e. The number of likely N-dealkylation sites (N-methyl/N-ethyl adjacent to an activating group) is 1. The summed E-state index contributed by atoms with van der Waals surface area (Å²) in [6, 6.07) is 8.46. The second-order valence-electron chi connectivity index (χ2n) is 10.5. The van der Waals surface area contributed by atoms with Crippen LogP contribution in [-0.2, 0) is 6.54 Å². The number of rotatable bonds is 9. The number of aryl methyl sites for hydroxylation is 3. The molecule has 0 fully saturated rings. The molecule has 0 saturated heterocycles. The van der Waals surface area contributed by atoms with Crippen molar-refractivity contribution in [3.8, 4) is 11.4 Å². The highest BCUT2D eigenvalue weighted by atomic mass is 19.4. The summed E-state index contributed by atoms with van der Waals surface area (Å²) in [6.07, 6.45) is -3.52. The molecule has 0 aliphatic carbocycles. The molecule has 1 aromatic carbocycles. The van der Waals surface area contributed by atoms with Gasteiger partial charge in [-0.05, 0) is 72.1 Å². The molecule has 0 bridgehead atoms. The fourth-order valence-corrected chi connectivity index (χ4v) is 4.91. The zero-order chi connectivity index (χ0) is 30.1. The van der Waals surface area contributed by atoms with Crippen LogP contribution >= 0.6 is 0 Å². The number of alkyl halides is 3. The molecule has 1 amide bonds. The van der Waals surface area contributed by atoms with Crippen LogP contribution in [0.4, 0.5) is 18.9 Å². The van der Waals surface area contributed by atoms with Crippen LogP contribution in [0, 0.1) is 20.8 Å². The van der Waals surface area contributed by atoms with E-state index in [1.807, 2.05) is 40.1 Å². The summed E-state index contributed by atoms with van der Waals surface area (Å²) in [5.41, 5.74) is 4.33. The fourth-order valence-electron chi connectivity index (χ4n) is 4.91. The molecule has 3 aromatic heterocycles. The summed E-state index contributed by atoms with van der Waals surface area (Å²) in [4.78, 5) is 26.2. The summed E-state index contributed by atoms with van der Waals surface area (Å²) >= 11 is 0. The van der Waals surface area contributed by atoms with Gasteiger partial charge in [-0.2, -0.15) is 18.3 Å². The molecule has 3 heterocycles. The van der Waals surface area contributed by atoms with E-state index in [1.165, 1.54) is 24.0 Å². The first-order valence-electron chi connectivity index (χ1n) is 13.5. The third-order valence-electron chi connectivity index (χ3n) is 7.17. The molecule has 8 nitrogen and oxygen atoms in total. The van der Waals surface area contributed by atoms with Crippen molar-refractivity contribution in [2.45, 2.75) is 46.5 Å². The van der Waals surface area contributed by atoms with Crippen LogP contribution in [0.15, 0.2) is 42.6 Å². The van der Waals surface area contributed by atoms with Gasteiger partial charge in [0.2, 0.25) is 0 Å². The van der Waals surface area contributed by atoms with E-state index in [9.17, 15) is 18.0 Å². The number of nitrogens with one attached hydrogen (secondary N) is 1. The lowest BCUT2D eigenvalue weighted by atomic mass is 10.0. The minimum Gasteiger partial charge on any atom is -0.382 e. The third kappa shape index (κ3) is 6.35. The summed E-state index contributed by atoms with van der Waals surface area (Å²) in [6.45, 7) is 9.13. The van der Waals surface area contributed by atoms with Crippen LogP contribution in [0.2, 0.25) is 0 Å².